The zero-order chi connectivity index (χ0) is 16.7. The van der Waals surface area contributed by atoms with Gasteiger partial charge < -0.3 is 15.3 Å². The van der Waals surface area contributed by atoms with Crippen LogP contribution in [0.1, 0.15) is 35.9 Å². The Morgan fingerprint density at radius 3 is 2.59 bits per heavy atom. The van der Waals surface area contributed by atoms with Crippen molar-refractivity contribution in [3.63, 3.8) is 0 Å². The van der Waals surface area contributed by atoms with E-state index in [0.29, 0.717) is 11.3 Å². The fourth-order valence-corrected chi connectivity index (χ4v) is 3.19. The highest BCUT2D eigenvalue weighted by atomic mass is 79.9. The van der Waals surface area contributed by atoms with Gasteiger partial charge in [-0.05, 0) is 34.5 Å². The topological polar surface area (TPSA) is 86.7 Å². The van der Waals surface area contributed by atoms with E-state index in [0.717, 1.165) is 16.6 Å². The van der Waals surface area contributed by atoms with Crippen LogP contribution in [0.3, 0.4) is 0 Å². The normalized spacial score (nSPS) is 11.8. The van der Waals surface area contributed by atoms with E-state index in [1.54, 1.807) is 12.1 Å². The Hall–Kier alpha value is -1.41. The van der Waals surface area contributed by atoms with Crippen molar-refractivity contribution in [3.05, 3.63) is 20.8 Å². The predicted octanol–water partition coefficient (Wildman–Crippen LogP) is 2.34. The maximum absolute atomic E-state index is 12.1. The third kappa shape index (κ3) is 5.76. The molecule has 6 nitrogen and oxygen atoms in total. The number of carboxylic acid groups (broad SMARTS) is 1. The minimum Gasteiger partial charge on any atom is -0.480 e. The van der Waals surface area contributed by atoms with Crippen LogP contribution < -0.4 is 5.32 Å². The fraction of sp³-hybridized carbons (Fsp3) is 0.500. The average molecular weight is 391 g/mol. The van der Waals surface area contributed by atoms with Gasteiger partial charge in [0.15, 0.2) is 0 Å². The summed E-state index contributed by atoms with van der Waals surface area (Å²) in [5.74, 6) is -1.81. The molecule has 8 heteroatoms. The molecular weight excluding hydrogens is 372 g/mol. The first kappa shape index (κ1) is 18.6. The summed E-state index contributed by atoms with van der Waals surface area (Å²) in [5.41, 5.74) is 0. The minimum atomic E-state index is -1.06. The second kappa shape index (κ2) is 8.89. The van der Waals surface area contributed by atoms with Crippen LogP contribution in [-0.4, -0.2) is 47.4 Å². The number of unbranched alkanes of at least 4 members (excludes halogenated alkanes) is 1. The highest BCUT2D eigenvalue weighted by molar-refractivity contribution is 9.11. The summed E-state index contributed by atoms with van der Waals surface area (Å²) in [7, 11) is 1.51. The maximum Gasteiger partial charge on any atom is 0.326 e. The summed E-state index contributed by atoms with van der Waals surface area (Å²) >= 11 is 4.56. The van der Waals surface area contributed by atoms with Crippen LogP contribution in [0.15, 0.2) is 15.9 Å². The van der Waals surface area contributed by atoms with Gasteiger partial charge in [-0.1, -0.05) is 19.8 Å². The maximum atomic E-state index is 12.1. The molecule has 1 atom stereocenters. The lowest BCUT2D eigenvalue weighted by molar-refractivity contribution is -0.142. The zero-order valence-electron chi connectivity index (χ0n) is 12.5. The molecule has 1 aromatic heterocycles. The SMILES string of the molecule is CCCC[C@H](NC(=O)CN(C)C(=O)c1ccc(Br)s1)C(=O)O. The smallest absolute Gasteiger partial charge is 0.326 e. The molecule has 0 radical (unpaired) electrons. The quantitative estimate of drug-likeness (QED) is 0.712. The van der Waals surface area contributed by atoms with E-state index < -0.39 is 17.9 Å². The first-order valence-electron chi connectivity index (χ1n) is 6.88. The number of carboxylic acids is 1. The molecular formula is C14H19BrN2O4S. The molecule has 22 heavy (non-hydrogen) atoms. The van der Waals surface area contributed by atoms with Crippen LogP contribution in [0.4, 0.5) is 0 Å². The molecule has 122 valence electrons. The number of rotatable bonds is 8. The Kier molecular flexibility index (Phi) is 7.53. The van der Waals surface area contributed by atoms with Gasteiger partial charge >= 0.3 is 5.97 Å². The summed E-state index contributed by atoms with van der Waals surface area (Å²) in [5, 5.41) is 11.5. The molecule has 0 aliphatic heterocycles. The van der Waals surface area contributed by atoms with Crippen LogP contribution in [-0.2, 0) is 9.59 Å². The second-order valence-electron chi connectivity index (χ2n) is 4.87. The molecule has 1 rings (SSSR count). The molecule has 2 N–H and O–H groups in total. The van der Waals surface area contributed by atoms with Crippen molar-refractivity contribution in [2.75, 3.05) is 13.6 Å². The summed E-state index contributed by atoms with van der Waals surface area (Å²) in [6.07, 6.45) is 1.95. The minimum absolute atomic E-state index is 0.176. The number of nitrogens with zero attached hydrogens (tertiary/aromatic N) is 1. The molecule has 0 unspecified atom stereocenters. The van der Waals surface area contributed by atoms with Crippen molar-refractivity contribution in [1.29, 1.82) is 0 Å². The Balaban J connectivity index is 2.55. The zero-order valence-corrected chi connectivity index (χ0v) is 14.9. The first-order chi connectivity index (χ1) is 10.3. The summed E-state index contributed by atoms with van der Waals surface area (Å²) < 4.78 is 0.833. The number of nitrogens with one attached hydrogen (secondary N) is 1. The molecule has 1 heterocycles. The molecule has 0 aliphatic carbocycles. The number of halogens is 1. The number of aliphatic carboxylic acids is 1. The largest absolute Gasteiger partial charge is 0.480 e. The van der Waals surface area contributed by atoms with Crippen molar-refractivity contribution in [2.24, 2.45) is 0 Å². The van der Waals surface area contributed by atoms with Gasteiger partial charge in [-0.2, -0.15) is 0 Å². The lowest BCUT2D eigenvalue weighted by atomic mass is 10.1. The molecule has 0 saturated heterocycles. The van der Waals surface area contributed by atoms with Gasteiger partial charge in [0.05, 0.1) is 15.2 Å². The first-order valence-corrected chi connectivity index (χ1v) is 8.49. The molecule has 0 aliphatic rings. The monoisotopic (exact) mass is 390 g/mol. The van der Waals surface area contributed by atoms with Gasteiger partial charge in [0.25, 0.3) is 5.91 Å². The van der Waals surface area contributed by atoms with Crippen molar-refractivity contribution >= 4 is 45.1 Å². The Morgan fingerprint density at radius 1 is 1.41 bits per heavy atom. The number of hydrogen-bond donors (Lipinski definition) is 2. The number of carbonyl (C=O) groups excluding carboxylic acids is 2. The van der Waals surface area contributed by atoms with Gasteiger partial charge in [-0.25, -0.2) is 4.79 Å². The summed E-state index contributed by atoms with van der Waals surface area (Å²) in [4.78, 5) is 36.9. The molecule has 0 spiro atoms. The summed E-state index contributed by atoms with van der Waals surface area (Å²) in [6, 6.07) is 2.52. The molecule has 0 aromatic carbocycles. The number of hydrogen-bond acceptors (Lipinski definition) is 4. The molecule has 1 aromatic rings. The third-order valence-corrected chi connectivity index (χ3v) is 4.60. The molecule has 0 bridgehead atoms. The van der Waals surface area contributed by atoms with Crippen molar-refractivity contribution in [2.45, 2.75) is 32.2 Å². The van der Waals surface area contributed by atoms with E-state index in [1.807, 2.05) is 6.92 Å². The average Bonchev–Trinajstić information content (AvgIpc) is 2.88. The third-order valence-electron chi connectivity index (χ3n) is 2.99. The second-order valence-corrected chi connectivity index (χ2v) is 7.33. The highest BCUT2D eigenvalue weighted by Gasteiger charge is 2.22. The number of amides is 2. The Labute approximate surface area is 141 Å². The van der Waals surface area contributed by atoms with E-state index in [4.69, 9.17) is 5.11 Å². The number of carbonyl (C=O) groups is 3. The standard InChI is InChI=1S/C14H19BrN2O4S/c1-3-4-5-9(14(20)21)16-12(18)8-17(2)13(19)10-6-7-11(15)22-10/h6-7,9H,3-5,8H2,1-2H3,(H,16,18)(H,20,21)/t9-/m0/s1. The van der Waals surface area contributed by atoms with E-state index in [2.05, 4.69) is 21.2 Å². The summed E-state index contributed by atoms with van der Waals surface area (Å²) in [6.45, 7) is 1.77. The van der Waals surface area contributed by atoms with Crippen LogP contribution in [0.5, 0.6) is 0 Å². The van der Waals surface area contributed by atoms with E-state index in [1.165, 1.54) is 23.3 Å². The van der Waals surface area contributed by atoms with E-state index in [9.17, 15) is 14.4 Å². The lowest BCUT2D eigenvalue weighted by Crippen LogP contribution is -2.45. The molecule has 0 fully saturated rings. The number of thiophene rings is 1. The van der Waals surface area contributed by atoms with Crippen molar-refractivity contribution in [1.82, 2.24) is 10.2 Å². The van der Waals surface area contributed by atoms with Gasteiger partial charge in [-0.3, -0.25) is 9.59 Å². The lowest BCUT2D eigenvalue weighted by Gasteiger charge is -2.18. The van der Waals surface area contributed by atoms with Crippen LogP contribution in [0.25, 0.3) is 0 Å². The van der Waals surface area contributed by atoms with Gasteiger partial charge in [0.2, 0.25) is 5.91 Å². The number of likely N-dealkylation sites (N-methyl/N-ethyl adjacent to an activating group) is 1. The van der Waals surface area contributed by atoms with Gasteiger partial charge in [-0.15, -0.1) is 11.3 Å². The fourth-order valence-electron chi connectivity index (χ4n) is 1.81. The molecule has 0 saturated carbocycles. The predicted molar refractivity (Wildman–Crippen MR) is 88.1 cm³/mol. The molecule has 2 amide bonds. The van der Waals surface area contributed by atoms with E-state index >= 15 is 0 Å². The van der Waals surface area contributed by atoms with E-state index in [-0.39, 0.29) is 12.5 Å². The highest BCUT2D eigenvalue weighted by Crippen LogP contribution is 2.22. The van der Waals surface area contributed by atoms with Crippen LogP contribution >= 0.6 is 27.3 Å². The Bertz CT molecular complexity index is 547. The van der Waals surface area contributed by atoms with Gasteiger partial charge in [0.1, 0.15) is 6.04 Å². The van der Waals surface area contributed by atoms with Crippen LogP contribution in [0, 0.1) is 0 Å². The van der Waals surface area contributed by atoms with Gasteiger partial charge in [0, 0.05) is 7.05 Å². The van der Waals surface area contributed by atoms with Crippen molar-refractivity contribution in [3.8, 4) is 0 Å². The Morgan fingerprint density at radius 2 is 2.09 bits per heavy atom. The van der Waals surface area contributed by atoms with Crippen LogP contribution in [0.2, 0.25) is 0 Å². The van der Waals surface area contributed by atoms with Crippen molar-refractivity contribution < 1.29 is 19.5 Å².